The zero-order chi connectivity index (χ0) is 41.2. The summed E-state index contributed by atoms with van der Waals surface area (Å²) in [5.41, 5.74) is 7.01. The molecule has 2 heteroatoms. The summed E-state index contributed by atoms with van der Waals surface area (Å²) in [6.07, 6.45) is 0. The van der Waals surface area contributed by atoms with E-state index in [1.807, 2.05) is 60.7 Å². The Labute approximate surface area is 360 Å². The molecule has 290 valence electrons. The Morgan fingerprint density at radius 3 is 1.08 bits per heavy atom. The van der Waals surface area contributed by atoms with E-state index in [2.05, 4.69) is 176 Å². The second-order valence-electron chi connectivity index (χ2n) is 16.4. The minimum Gasteiger partial charge on any atom is -0.309 e. The van der Waals surface area contributed by atoms with Gasteiger partial charge >= 0.3 is 0 Å². The third-order valence-electron chi connectivity index (χ3n) is 12.8. The number of rotatable bonds is 6. The zero-order valence-corrected chi connectivity index (χ0v) is 34.8. The summed E-state index contributed by atoms with van der Waals surface area (Å²) in [6.45, 7) is 0. The van der Waals surface area contributed by atoms with E-state index < -0.39 is 7.14 Å². The lowest BCUT2D eigenvalue weighted by molar-refractivity contribution is 0.592. The van der Waals surface area contributed by atoms with E-state index >= 15 is 4.57 Å². The van der Waals surface area contributed by atoms with Crippen molar-refractivity contribution in [3.63, 3.8) is 0 Å². The molecule has 0 aromatic heterocycles. The molecule has 0 radical (unpaired) electrons. The van der Waals surface area contributed by atoms with E-state index in [4.69, 9.17) is 0 Å². The third-order valence-corrected chi connectivity index (χ3v) is 15.9. The van der Waals surface area contributed by atoms with Gasteiger partial charge in [-0.25, -0.2) is 0 Å². The fraction of sp³-hybridized carbons (Fsp3) is 0. The Kier molecular flexibility index (Phi) is 8.52. The summed E-state index contributed by atoms with van der Waals surface area (Å²) in [7, 11) is -3.11. The van der Waals surface area contributed by atoms with Crippen molar-refractivity contribution < 1.29 is 4.57 Å². The van der Waals surface area contributed by atoms with Crippen molar-refractivity contribution in [1.29, 1.82) is 0 Å². The number of fused-ring (bicyclic) bond motifs is 6. The van der Waals surface area contributed by atoms with Crippen LogP contribution in [0.5, 0.6) is 0 Å². The summed E-state index contributed by atoms with van der Waals surface area (Å²) < 4.78 is 15.3. The molecule has 0 spiro atoms. The standard InChI is InChI=1S/C60H39OP/c61-62(52-17-3-1-4-18-52,53-19-5-2-6-20-53)54-30-27-40(28-31-54)47-29-32-57-58(39-47)60(49-26-24-46-34-42-14-8-10-16-44(42)36-51(46)38-49)56-22-12-11-21-55(56)59(57)48-25-23-45-33-41-13-7-9-15-43(41)35-50(45)37-48/h1-39H. The van der Waals surface area contributed by atoms with Crippen LogP contribution >= 0.6 is 7.14 Å². The van der Waals surface area contributed by atoms with E-state index in [0.717, 1.165) is 27.0 Å². The van der Waals surface area contributed by atoms with Gasteiger partial charge in [-0.2, -0.15) is 0 Å². The second-order valence-corrected chi connectivity index (χ2v) is 19.2. The second kappa shape index (κ2) is 14.6. The lowest BCUT2D eigenvalue weighted by Crippen LogP contribution is -2.24. The van der Waals surface area contributed by atoms with Crippen molar-refractivity contribution in [2.24, 2.45) is 0 Å². The van der Waals surface area contributed by atoms with Crippen LogP contribution in [0.3, 0.4) is 0 Å². The summed E-state index contributed by atoms with van der Waals surface area (Å²) in [5.74, 6) is 0. The first-order valence-corrected chi connectivity index (χ1v) is 23.0. The van der Waals surface area contributed by atoms with E-state index in [1.165, 1.54) is 86.9 Å². The van der Waals surface area contributed by atoms with Crippen molar-refractivity contribution in [3.05, 3.63) is 237 Å². The molecule has 0 fully saturated rings. The third kappa shape index (κ3) is 5.97. The smallest absolute Gasteiger partial charge is 0.171 e. The molecule has 0 atom stereocenters. The number of hydrogen-bond donors (Lipinski definition) is 0. The Morgan fingerprint density at radius 2 is 0.581 bits per heavy atom. The summed E-state index contributed by atoms with van der Waals surface area (Å²) in [5, 5.41) is 17.2. The molecular formula is C60H39OP. The summed E-state index contributed by atoms with van der Waals surface area (Å²) in [6, 6.07) is 84.4. The molecule has 0 saturated carbocycles. The maximum absolute atomic E-state index is 15.3. The van der Waals surface area contributed by atoms with Crippen molar-refractivity contribution >= 4 is 87.7 Å². The van der Waals surface area contributed by atoms with Crippen LogP contribution in [0, 0.1) is 0 Å². The molecule has 0 aliphatic carbocycles. The van der Waals surface area contributed by atoms with Crippen LogP contribution in [0.4, 0.5) is 0 Å². The molecule has 62 heavy (non-hydrogen) atoms. The molecule has 0 heterocycles. The average molecular weight is 807 g/mol. The molecule has 0 aliphatic rings. The van der Waals surface area contributed by atoms with Crippen LogP contribution in [0.15, 0.2) is 237 Å². The van der Waals surface area contributed by atoms with Gasteiger partial charge in [-0.3, -0.25) is 0 Å². The molecule has 0 bridgehead atoms. The van der Waals surface area contributed by atoms with E-state index in [1.54, 1.807) is 0 Å². The van der Waals surface area contributed by atoms with Crippen LogP contribution in [-0.4, -0.2) is 0 Å². The van der Waals surface area contributed by atoms with Gasteiger partial charge in [0.2, 0.25) is 0 Å². The van der Waals surface area contributed by atoms with Crippen molar-refractivity contribution in [2.75, 3.05) is 0 Å². The van der Waals surface area contributed by atoms with Gasteiger partial charge in [0, 0.05) is 15.9 Å². The highest BCUT2D eigenvalue weighted by Gasteiger charge is 2.29. The molecule has 0 N–H and O–H groups in total. The van der Waals surface area contributed by atoms with Crippen LogP contribution in [-0.2, 0) is 4.57 Å². The largest absolute Gasteiger partial charge is 0.309 e. The minimum absolute atomic E-state index is 0.821. The Bertz CT molecular complexity index is 3710. The van der Waals surface area contributed by atoms with Gasteiger partial charge in [-0.15, -0.1) is 0 Å². The zero-order valence-electron chi connectivity index (χ0n) is 33.9. The SMILES string of the molecule is O=P(c1ccccc1)(c1ccccc1)c1ccc(-c2ccc3c(-c4ccc5cc6ccccc6cc5c4)c4ccccc4c(-c4ccc5cc6ccccc6cc5c4)c3c2)cc1. The van der Waals surface area contributed by atoms with Crippen LogP contribution in [0.2, 0.25) is 0 Å². The van der Waals surface area contributed by atoms with Gasteiger partial charge in [0.05, 0.1) is 0 Å². The summed E-state index contributed by atoms with van der Waals surface area (Å²) in [4.78, 5) is 0. The topological polar surface area (TPSA) is 17.1 Å². The fourth-order valence-corrected chi connectivity index (χ4v) is 12.4. The van der Waals surface area contributed by atoms with Gasteiger partial charge in [-0.1, -0.05) is 194 Å². The van der Waals surface area contributed by atoms with Gasteiger partial charge in [-0.05, 0) is 140 Å². The average Bonchev–Trinajstić information content (AvgIpc) is 3.34. The van der Waals surface area contributed by atoms with Gasteiger partial charge in [0.1, 0.15) is 0 Å². The van der Waals surface area contributed by atoms with Gasteiger partial charge in [0.15, 0.2) is 7.14 Å². The number of hydrogen-bond acceptors (Lipinski definition) is 1. The highest BCUT2D eigenvalue weighted by atomic mass is 31.2. The maximum Gasteiger partial charge on any atom is 0.171 e. The normalized spacial score (nSPS) is 11.9. The maximum atomic E-state index is 15.3. The minimum atomic E-state index is -3.11. The molecule has 1 nitrogen and oxygen atoms in total. The van der Waals surface area contributed by atoms with Gasteiger partial charge < -0.3 is 4.57 Å². The first-order chi connectivity index (χ1) is 30.6. The first-order valence-electron chi connectivity index (χ1n) is 21.3. The molecule has 12 rings (SSSR count). The van der Waals surface area contributed by atoms with Crippen LogP contribution < -0.4 is 15.9 Å². The highest BCUT2D eigenvalue weighted by Crippen LogP contribution is 2.47. The molecule has 12 aromatic carbocycles. The molecule has 12 aromatic rings. The van der Waals surface area contributed by atoms with E-state index in [0.29, 0.717) is 0 Å². The monoisotopic (exact) mass is 806 g/mol. The first kappa shape index (κ1) is 36.3. The lowest BCUT2D eigenvalue weighted by Gasteiger charge is -2.21. The predicted octanol–water partition coefficient (Wildman–Crippen LogP) is 15.2. The Morgan fingerprint density at radius 1 is 0.226 bits per heavy atom. The van der Waals surface area contributed by atoms with Crippen molar-refractivity contribution in [2.45, 2.75) is 0 Å². The predicted molar refractivity (Wildman–Crippen MR) is 267 cm³/mol. The Balaban J connectivity index is 1.09. The molecule has 0 saturated heterocycles. The lowest BCUT2D eigenvalue weighted by atomic mass is 9.84. The molecule has 0 amide bonds. The fourth-order valence-electron chi connectivity index (χ4n) is 9.76. The Hall–Kier alpha value is -7.57. The summed E-state index contributed by atoms with van der Waals surface area (Å²) >= 11 is 0. The van der Waals surface area contributed by atoms with Crippen molar-refractivity contribution in [1.82, 2.24) is 0 Å². The van der Waals surface area contributed by atoms with E-state index in [-0.39, 0.29) is 0 Å². The molecular weight excluding hydrogens is 768 g/mol. The van der Waals surface area contributed by atoms with Crippen molar-refractivity contribution in [3.8, 4) is 33.4 Å². The molecule has 0 aliphatic heterocycles. The van der Waals surface area contributed by atoms with Crippen LogP contribution in [0.1, 0.15) is 0 Å². The molecule has 0 unspecified atom stereocenters. The van der Waals surface area contributed by atoms with Crippen LogP contribution in [0.25, 0.3) is 98.0 Å². The van der Waals surface area contributed by atoms with E-state index in [9.17, 15) is 0 Å². The van der Waals surface area contributed by atoms with Gasteiger partial charge in [0.25, 0.3) is 0 Å². The number of benzene rings is 12. The quantitative estimate of drug-likeness (QED) is 0.121. The highest BCUT2D eigenvalue weighted by molar-refractivity contribution is 7.85.